The molecule has 1 aromatic rings. The molecule has 114 valence electrons. The zero-order valence-electron chi connectivity index (χ0n) is 10.9. The van der Waals surface area contributed by atoms with Crippen LogP contribution in [0.4, 0.5) is 4.39 Å². The molecule has 1 N–H and O–H groups in total. The highest BCUT2D eigenvalue weighted by atomic mass is 35.5. The minimum Gasteiger partial charge on any atom is -0.479 e. The minimum atomic E-state index is -3.89. The lowest BCUT2D eigenvalue weighted by Gasteiger charge is -2.15. The molecule has 0 saturated carbocycles. The summed E-state index contributed by atoms with van der Waals surface area (Å²) in [5, 5.41) is 10.1. The standard InChI is InChI=1S/C13H13ClFNO4S/c14-11-4-2-1-3-10(11)5-8-21(19,20)16-7-6-13(15,9-16)12(17)18/h1-5,8H,6-7,9H2,(H,17,18)/b8-5+. The summed E-state index contributed by atoms with van der Waals surface area (Å²) in [7, 11) is -3.89. The molecule has 1 fully saturated rings. The van der Waals surface area contributed by atoms with Crippen molar-refractivity contribution in [1.29, 1.82) is 0 Å². The molecular formula is C13H13ClFNO4S. The molecule has 0 aliphatic carbocycles. The predicted octanol–water partition coefficient (Wildman–Crippen LogP) is 2.14. The lowest BCUT2D eigenvalue weighted by atomic mass is 10.1. The average Bonchev–Trinajstić information content (AvgIpc) is 2.83. The van der Waals surface area contributed by atoms with Crippen molar-refractivity contribution in [3.05, 3.63) is 40.3 Å². The maximum absolute atomic E-state index is 13.9. The van der Waals surface area contributed by atoms with E-state index in [0.29, 0.717) is 10.6 Å². The monoisotopic (exact) mass is 333 g/mol. The number of carboxylic acid groups (broad SMARTS) is 1. The van der Waals surface area contributed by atoms with Crippen LogP contribution in [-0.4, -0.2) is 42.6 Å². The van der Waals surface area contributed by atoms with E-state index in [2.05, 4.69) is 0 Å². The molecule has 5 nitrogen and oxygen atoms in total. The molecule has 0 radical (unpaired) electrons. The van der Waals surface area contributed by atoms with Gasteiger partial charge in [0.1, 0.15) is 0 Å². The van der Waals surface area contributed by atoms with Gasteiger partial charge in [0.2, 0.25) is 15.7 Å². The van der Waals surface area contributed by atoms with E-state index in [1.165, 1.54) is 6.08 Å². The Hall–Kier alpha value is -1.44. The Balaban J connectivity index is 2.17. The number of halogens is 2. The van der Waals surface area contributed by atoms with E-state index >= 15 is 0 Å². The summed E-state index contributed by atoms with van der Waals surface area (Å²) in [4.78, 5) is 10.8. The van der Waals surface area contributed by atoms with Gasteiger partial charge in [-0.2, -0.15) is 4.31 Å². The SMILES string of the molecule is O=C(O)C1(F)CCN(S(=O)(=O)/C=C/c2ccccc2Cl)C1. The Morgan fingerprint density at radius 3 is 2.67 bits per heavy atom. The third-order valence-electron chi connectivity index (χ3n) is 3.25. The van der Waals surface area contributed by atoms with Crippen LogP contribution in [0.1, 0.15) is 12.0 Å². The number of rotatable bonds is 4. The first-order chi connectivity index (χ1) is 9.74. The highest BCUT2D eigenvalue weighted by Gasteiger charge is 2.48. The van der Waals surface area contributed by atoms with Crippen molar-refractivity contribution in [3.63, 3.8) is 0 Å². The quantitative estimate of drug-likeness (QED) is 0.916. The van der Waals surface area contributed by atoms with Crippen molar-refractivity contribution >= 4 is 33.7 Å². The lowest BCUT2D eigenvalue weighted by molar-refractivity contribution is -0.149. The number of alkyl halides is 1. The summed E-state index contributed by atoms with van der Waals surface area (Å²) < 4.78 is 38.8. The Labute approximate surface area is 126 Å². The minimum absolute atomic E-state index is 0.169. The van der Waals surface area contributed by atoms with Gasteiger partial charge in [0.15, 0.2) is 0 Å². The van der Waals surface area contributed by atoms with Crippen molar-refractivity contribution < 1.29 is 22.7 Å². The summed E-state index contributed by atoms with van der Waals surface area (Å²) in [5.41, 5.74) is -2.02. The summed E-state index contributed by atoms with van der Waals surface area (Å²) in [6, 6.07) is 6.65. The van der Waals surface area contributed by atoms with Crippen LogP contribution in [0.3, 0.4) is 0 Å². The number of nitrogens with zero attached hydrogens (tertiary/aromatic N) is 1. The van der Waals surface area contributed by atoms with Crippen molar-refractivity contribution in [3.8, 4) is 0 Å². The zero-order chi connectivity index (χ0) is 15.7. The van der Waals surface area contributed by atoms with Crippen LogP contribution in [0.15, 0.2) is 29.7 Å². The summed E-state index contributed by atoms with van der Waals surface area (Å²) >= 11 is 5.90. The molecule has 0 spiro atoms. The normalized spacial score (nSPS) is 23.7. The predicted molar refractivity (Wildman–Crippen MR) is 77.1 cm³/mol. The van der Waals surface area contributed by atoms with Crippen LogP contribution >= 0.6 is 11.6 Å². The van der Waals surface area contributed by atoms with E-state index in [1.807, 2.05) is 0 Å². The Kier molecular flexibility index (Phi) is 4.36. The van der Waals surface area contributed by atoms with E-state index in [1.54, 1.807) is 24.3 Å². The summed E-state index contributed by atoms with van der Waals surface area (Å²) in [6.45, 7) is -0.852. The van der Waals surface area contributed by atoms with Gasteiger partial charge in [-0.3, -0.25) is 0 Å². The van der Waals surface area contributed by atoms with Gasteiger partial charge < -0.3 is 5.11 Å². The first-order valence-electron chi connectivity index (χ1n) is 6.10. The van der Waals surface area contributed by atoms with Crippen molar-refractivity contribution in [1.82, 2.24) is 4.31 Å². The first kappa shape index (κ1) is 15.9. The summed E-state index contributed by atoms with van der Waals surface area (Å²) in [5.74, 6) is -1.64. The molecule has 1 aliphatic rings. The fraction of sp³-hybridized carbons (Fsp3) is 0.308. The number of hydrogen-bond donors (Lipinski definition) is 1. The molecule has 8 heteroatoms. The number of benzene rings is 1. The van der Waals surface area contributed by atoms with E-state index < -0.39 is 28.2 Å². The smallest absolute Gasteiger partial charge is 0.342 e. The van der Waals surface area contributed by atoms with Crippen molar-refractivity contribution in [2.75, 3.05) is 13.1 Å². The number of carboxylic acids is 1. The van der Waals surface area contributed by atoms with E-state index in [0.717, 1.165) is 9.71 Å². The Morgan fingerprint density at radius 2 is 2.10 bits per heavy atom. The van der Waals surface area contributed by atoms with Crippen molar-refractivity contribution in [2.24, 2.45) is 0 Å². The molecule has 1 aromatic carbocycles. The molecular weight excluding hydrogens is 321 g/mol. The van der Waals surface area contributed by atoms with Crippen LogP contribution in [0.25, 0.3) is 6.08 Å². The molecule has 21 heavy (non-hydrogen) atoms. The number of carbonyl (C=O) groups is 1. The molecule has 0 bridgehead atoms. The van der Waals surface area contributed by atoms with Crippen LogP contribution < -0.4 is 0 Å². The fourth-order valence-corrected chi connectivity index (χ4v) is 3.41. The maximum Gasteiger partial charge on any atom is 0.342 e. The molecule has 2 rings (SSSR count). The van der Waals surface area contributed by atoms with Gasteiger partial charge in [0, 0.05) is 23.4 Å². The first-order valence-corrected chi connectivity index (χ1v) is 7.98. The topological polar surface area (TPSA) is 74.7 Å². The van der Waals surface area contributed by atoms with E-state index in [4.69, 9.17) is 16.7 Å². The highest BCUT2D eigenvalue weighted by Crippen LogP contribution is 2.28. The largest absolute Gasteiger partial charge is 0.479 e. The van der Waals surface area contributed by atoms with Crippen LogP contribution in [0.5, 0.6) is 0 Å². The van der Waals surface area contributed by atoms with Gasteiger partial charge in [-0.05, 0) is 17.7 Å². The maximum atomic E-state index is 13.9. The van der Waals surface area contributed by atoms with Gasteiger partial charge in [-0.1, -0.05) is 29.8 Å². The zero-order valence-corrected chi connectivity index (χ0v) is 12.4. The second-order valence-electron chi connectivity index (χ2n) is 4.72. The molecule has 0 amide bonds. The van der Waals surface area contributed by atoms with Crippen LogP contribution in [0, 0.1) is 0 Å². The van der Waals surface area contributed by atoms with Crippen LogP contribution in [0.2, 0.25) is 5.02 Å². The number of sulfonamides is 1. The molecule has 0 aromatic heterocycles. The third kappa shape index (κ3) is 3.42. The third-order valence-corrected chi connectivity index (χ3v) is 5.11. The Bertz CT molecular complexity index is 691. The molecule has 1 atom stereocenters. The number of hydrogen-bond acceptors (Lipinski definition) is 3. The second kappa shape index (κ2) is 5.75. The lowest BCUT2D eigenvalue weighted by Crippen LogP contribution is -2.38. The second-order valence-corrected chi connectivity index (χ2v) is 6.95. The van der Waals surface area contributed by atoms with Gasteiger partial charge >= 0.3 is 5.97 Å². The van der Waals surface area contributed by atoms with Crippen molar-refractivity contribution in [2.45, 2.75) is 12.1 Å². The van der Waals surface area contributed by atoms with E-state index in [9.17, 15) is 17.6 Å². The summed E-state index contributed by atoms with van der Waals surface area (Å²) in [6.07, 6.45) is 0.943. The van der Waals surface area contributed by atoms with Crippen LogP contribution in [-0.2, 0) is 14.8 Å². The molecule has 1 heterocycles. The number of aliphatic carboxylic acids is 1. The van der Waals surface area contributed by atoms with Gasteiger partial charge in [0.25, 0.3) is 0 Å². The fourth-order valence-electron chi connectivity index (χ4n) is 1.99. The highest BCUT2D eigenvalue weighted by molar-refractivity contribution is 7.92. The molecule has 1 saturated heterocycles. The molecule has 1 unspecified atom stereocenters. The van der Waals surface area contributed by atoms with Gasteiger partial charge in [0.05, 0.1) is 6.54 Å². The van der Waals surface area contributed by atoms with Gasteiger partial charge in [-0.25, -0.2) is 17.6 Å². The average molecular weight is 334 g/mol. The molecule has 1 aliphatic heterocycles. The Morgan fingerprint density at radius 1 is 1.43 bits per heavy atom. The van der Waals surface area contributed by atoms with Gasteiger partial charge in [-0.15, -0.1) is 0 Å². The van der Waals surface area contributed by atoms with E-state index in [-0.39, 0.29) is 13.0 Å².